The number of carboxylic acid groups (broad SMARTS) is 1. The number of anilines is 1. The number of benzene rings is 1. The first-order chi connectivity index (χ1) is 10.1. The van der Waals surface area contributed by atoms with Crippen LogP contribution >= 0.6 is 0 Å². The first kappa shape index (κ1) is 15.0. The third-order valence-corrected chi connectivity index (χ3v) is 3.01. The second kappa shape index (κ2) is 6.83. The highest BCUT2D eigenvalue weighted by molar-refractivity contribution is 5.89. The number of amides is 2. The Morgan fingerprint density at radius 1 is 1.29 bits per heavy atom. The molecular weight excluding hydrogens is 276 g/mol. The van der Waals surface area contributed by atoms with Gasteiger partial charge in [-0.2, -0.15) is 0 Å². The zero-order valence-corrected chi connectivity index (χ0v) is 11.8. The average Bonchev–Trinajstić information content (AvgIpc) is 2.69. The number of rotatable bonds is 4. The van der Waals surface area contributed by atoms with Gasteiger partial charge in [-0.15, -0.1) is 0 Å². The molecular formula is C14H18N2O5. The van der Waals surface area contributed by atoms with E-state index < -0.39 is 5.97 Å². The lowest BCUT2D eigenvalue weighted by Gasteiger charge is -2.17. The highest BCUT2D eigenvalue weighted by atomic mass is 16.5. The van der Waals surface area contributed by atoms with Gasteiger partial charge in [-0.3, -0.25) is 4.79 Å². The molecule has 7 heteroatoms. The van der Waals surface area contributed by atoms with Crippen LogP contribution in [-0.4, -0.2) is 48.8 Å². The lowest BCUT2D eigenvalue weighted by Crippen LogP contribution is -2.33. The standard InChI is InChI=1S/C14H18N2O5/c1-16(6-5-13(17)18)14(19)15-10-3-4-11-12(9-10)21-8-2-7-20-11/h3-4,9H,2,5-8H2,1H3,(H,15,19)(H,17,18). The largest absolute Gasteiger partial charge is 0.490 e. The minimum atomic E-state index is -0.940. The number of nitrogens with zero attached hydrogens (tertiary/aromatic N) is 1. The minimum absolute atomic E-state index is 0.0922. The number of aliphatic carboxylic acids is 1. The number of hydrogen-bond donors (Lipinski definition) is 2. The molecule has 0 saturated carbocycles. The van der Waals surface area contributed by atoms with Crippen molar-refractivity contribution >= 4 is 17.7 Å². The predicted molar refractivity (Wildman–Crippen MR) is 76.0 cm³/mol. The number of carbonyl (C=O) groups excluding carboxylic acids is 1. The fourth-order valence-electron chi connectivity index (χ4n) is 1.82. The molecule has 0 saturated heterocycles. The van der Waals surface area contributed by atoms with Crippen LogP contribution in [0.4, 0.5) is 10.5 Å². The first-order valence-electron chi connectivity index (χ1n) is 6.70. The molecule has 114 valence electrons. The topological polar surface area (TPSA) is 88.1 Å². The molecule has 0 aromatic heterocycles. The Hall–Kier alpha value is -2.44. The van der Waals surface area contributed by atoms with Crippen molar-refractivity contribution in [1.82, 2.24) is 4.90 Å². The molecule has 0 unspecified atom stereocenters. The highest BCUT2D eigenvalue weighted by Gasteiger charge is 2.14. The normalized spacial score (nSPS) is 13.2. The molecule has 2 rings (SSSR count). The van der Waals surface area contributed by atoms with Gasteiger partial charge in [0.1, 0.15) is 0 Å². The van der Waals surface area contributed by atoms with Crippen molar-refractivity contribution in [2.45, 2.75) is 12.8 Å². The molecule has 0 aliphatic carbocycles. The van der Waals surface area contributed by atoms with Crippen LogP contribution in [-0.2, 0) is 4.79 Å². The van der Waals surface area contributed by atoms with Gasteiger partial charge in [-0.05, 0) is 12.1 Å². The van der Waals surface area contributed by atoms with Gasteiger partial charge in [-0.1, -0.05) is 0 Å². The summed E-state index contributed by atoms with van der Waals surface area (Å²) in [5.41, 5.74) is 0.575. The number of nitrogens with one attached hydrogen (secondary N) is 1. The van der Waals surface area contributed by atoms with Gasteiger partial charge in [-0.25, -0.2) is 4.79 Å². The van der Waals surface area contributed by atoms with Gasteiger partial charge in [0.25, 0.3) is 0 Å². The molecule has 1 heterocycles. The molecule has 1 aromatic rings. The van der Waals surface area contributed by atoms with Crippen LogP contribution in [0.2, 0.25) is 0 Å². The third-order valence-electron chi connectivity index (χ3n) is 3.01. The van der Waals surface area contributed by atoms with Crippen LogP contribution in [0.3, 0.4) is 0 Å². The van der Waals surface area contributed by atoms with E-state index in [1.807, 2.05) is 0 Å². The van der Waals surface area contributed by atoms with E-state index in [2.05, 4.69) is 5.32 Å². The summed E-state index contributed by atoms with van der Waals surface area (Å²) < 4.78 is 11.0. The molecule has 7 nitrogen and oxygen atoms in total. The Balaban J connectivity index is 1.97. The predicted octanol–water partition coefficient (Wildman–Crippen LogP) is 1.79. The van der Waals surface area contributed by atoms with E-state index in [9.17, 15) is 9.59 Å². The summed E-state index contributed by atoms with van der Waals surface area (Å²) in [6.07, 6.45) is 0.722. The second-order valence-corrected chi connectivity index (χ2v) is 4.71. The first-order valence-corrected chi connectivity index (χ1v) is 6.70. The summed E-state index contributed by atoms with van der Waals surface area (Å²) in [5.74, 6) is 0.313. The lowest BCUT2D eigenvalue weighted by molar-refractivity contribution is -0.137. The number of carbonyl (C=O) groups is 2. The third kappa shape index (κ3) is 4.27. The Kier molecular flexibility index (Phi) is 4.86. The van der Waals surface area contributed by atoms with Crippen molar-refractivity contribution in [3.05, 3.63) is 18.2 Å². The monoisotopic (exact) mass is 294 g/mol. The number of hydrogen-bond acceptors (Lipinski definition) is 4. The van der Waals surface area contributed by atoms with Crippen molar-refractivity contribution in [3.8, 4) is 11.5 Å². The zero-order chi connectivity index (χ0) is 15.2. The molecule has 1 aliphatic rings. The molecule has 1 aliphatic heterocycles. The summed E-state index contributed by atoms with van der Waals surface area (Å²) in [7, 11) is 1.54. The zero-order valence-electron chi connectivity index (χ0n) is 11.8. The SMILES string of the molecule is CN(CCC(=O)O)C(=O)Nc1ccc2c(c1)OCCCO2. The van der Waals surface area contributed by atoms with Crippen LogP contribution < -0.4 is 14.8 Å². The Morgan fingerprint density at radius 3 is 2.71 bits per heavy atom. The second-order valence-electron chi connectivity index (χ2n) is 4.71. The maximum atomic E-state index is 11.9. The summed E-state index contributed by atoms with van der Waals surface area (Å²) >= 11 is 0. The van der Waals surface area contributed by atoms with Crippen LogP contribution in [0.1, 0.15) is 12.8 Å². The van der Waals surface area contributed by atoms with Crippen molar-refractivity contribution in [2.75, 3.05) is 32.1 Å². The molecule has 1 aromatic carbocycles. The van der Waals surface area contributed by atoms with E-state index in [0.29, 0.717) is 30.4 Å². The van der Waals surface area contributed by atoms with E-state index in [1.165, 1.54) is 4.90 Å². The number of ether oxygens (including phenoxy) is 2. The molecule has 0 bridgehead atoms. The van der Waals surface area contributed by atoms with Gasteiger partial charge >= 0.3 is 12.0 Å². The van der Waals surface area contributed by atoms with Gasteiger partial charge in [0.2, 0.25) is 0 Å². The quantitative estimate of drug-likeness (QED) is 0.883. The highest BCUT2D eigenvalue weighted by Crippen LogP contribution is 2.32. The molecule has 21 heavy (non-hydrogen) atoms. The molecule has 2 amide bonds. The lowest BCUT2D eigenvalue weighted by atomic mass is 10.2. The van der Waals surface area contributed by atoms with E-state index in [4.69, 9.17) is 14.6 Å². The van der Waals surface area contributed by atoms with Crippen molar-refractivity contribution in [1.29, 1.82) is 0 Å². The molecule has 0 spiro atoms. The molecule has 2 N–H and O–H groups in total. The Bertz CT molecular complexity index is 532. The fourth-order valence-corrected chi connectivity index (χ4v) is 1.82. The van der Waals surface area contributed by atoms with Crippen LogP contribution in [0.25, 0.3) is 0 Å². The maximum Gasteiger partial charge on any atom is 0.321 e. The number of carboxylic acids is 1. The smallest absolute Gasteiger partial charge is 0.321 e. The van der Waals surface area contributed by atoms with Crippen molar-refractivity contribution in [2.24, 2.45) is 0 Å². The van der Waals surface area contributed by atoms with E-state index in [0.717, 1.165) is 6.42 Å². The summed E-state index contributed by atoms with van der Waals surface area (Å²) in [4.78, 5) is 23.7. The number of urea groups is 1. The Morgan fingerprint density at radius 2 is 2.00 bits per heavy atom. The summed E-state index contributed by atoms with van der Waals surface area (Å²) in [6, 6.07) is 4.79. The van der Waals surface area contributed by atoms with Crippen LogP contribution in [0, 0.1) is 0 Å². The van der Waals surface area contributed by atoms with E-state index in [-0.39, 0.29) is 19.0 Å². The van der Waals surface area contributed by atoms with Crippen molar-refractivity contribution in [3.63, 3.8) is 0 Å². The van der Waals surface area contributed by atoms with Crippen LogP contribution in [0.15, 0.2) is 18.2 Å². The maximum absolute atomic E-state index is 11.9. The fraction of sp³-hybridized carbons (Fsp3) is 0.429. The summed E-state index contributed by atoms with van der Waals surface area (Å²) in [6.45, 7) is 1.32. The van der Waals surface area contributed by atoms with Gasteiger partial charge < -0.3 is 24.8 Å². The van der Waals surface area contributed by atoms with E-state index >= 15 is 0 Å². The molecule has 0 radical (unpaired) electrons. The minimum Gasteiger partial charge on any atom is -0.490 e. The number of fused-ring (bicyclic) bond motifs is 1. The van der Waals surface area contributed by atoms with Gasteiger partial charge in [0.15, 0.2) is 11.5 Å². The average molecular weight is 294 g/mol. The molecule has 0 fully saturated rings. The van der Waals surface area contributed by atoms with Crippen molar-refractivity contribution < 1.29 is 24.2 Å². The van der Waals surface area contributed by atoms with Gasteiger partial charge in [0, 0.05) is 31.8 Å². The summed E-state index contributed by atoms with van der Waals surface area (Å²) in [5, 5.41) is 11.3. The Labute approximate surface area is 122 Å². The van der Waals surface area contributed by atoms with E-state index in [1.54, 1.807) is 25.2 Å². The molecule has 0 atom stereocenters. The van der Waals surface area contributed by atoms with Gasteiger partial charge in [0.05, 0.1) is 19.6 Å². The van der Waals surface area contributed by atoms with Crippen LogP contribution in [0.5, 0.6) is 11.5 Å².